The lowest BCUT2D eigenvalue weighted by molar-refractivity contribution is -0.0164. The lowest BCUT2D eigenvalue weighted by Crippen LogP contribution is -2.52. The summed E-state index contributed by atoms with van der Waals surface area (Å²) in [5, 5.41) is 3.51. The summed E-state index contributed by atoms with van der Waals surface area (Å²) in [4.78, 5) is 13.4. The highest BCUT2D eigenvalue weighted by molar-refractivity contribution is 14.0. The zero-order valence-electron chi connectivity index (χ0n) is 15.5. The van der Waals surface area contributed by atoms with E-state index < -0.39 is 0 Å². The Morgan fingerprint density at radius 3 is 2.88 bits per heavy atom. The van der Waals surface area contributed by atoms with Crippen LogP contribution in [0.15, 0.2) is 23.7 Å². The van der Waals surface area contributed by atoms with Crippen molar-refractivity contribution in [1.82, 2.24) is 24.7 Å². The van der Waals surface area contributed by atoms with Crippen LogP contribution in [0.1, 0.15) is 19.4 Å². The summed E-state index contributed by atoms with van der Waals surface area (Å²) >= 11 is 0. The number of hydrogen-bond donors (Lipinski definition) is 1. The molecule has 1 aromatic rings. The van der Waals surface area contributed by atoms with Crippen molar-refractivity contribution in [2.24, 2.45) is 10.9 Å². The van der Waals surface area contributed by atoms with Crippen LogP contribution in [0.4, 0.5) is 0 Å². The van der Waals surface area contributed by atoms with Crippen LogP contribution >= 0.6 is 24.0 Å². The highest BCUT2D eigenvalue weighted by atomic mass is 127. The van der Waals surface area contributed by atoms with E-state index in [1.165, 1.54) is 0 Å². The number of hydrogen-bond acceptors (Lipinski definition) is 4. The normalized spacial score (nSPS) is 28.5. The maximum Gasteiger partial charge on any atom is 0.193 e. The molecule has 2 fully saturated rings. The monoisotopic (exact) mass is 462 g/mol. The van der Waals surface area contributed by atoms with E-state index in [1.807, 2.05) is 19.6 Å². The Balaban J connectivity index is 0.00000225. The molecule has 0 bridgehead atoms. The van der Waals surface area contributed by atoms with Crippen LogP contribution in [0.3, 0.4) is 0 Å². The molecule has 3 atom stereocenters. The number of morpholine rings is 1. The van der Waals surface area contributed by atoms with E-state index in [-0.39, 0.29) is 30.1 Å². The minimum absolute atomic E-state index is 0. The van der Waals surface area contributed by atoms with Crippen molar-refractivity contribution in [3.05, 3.63) is 18.7 Å². The van der Waals surface area contributed by atoms with Crippen LogP contribution in [0.2, 0.25) is 0 Å². The first-order chi connectivity index (χ1) is 11.7. The number of likely N-dealkylation sites (N-methyl/N-ethyl adjacent to an activating group) is 1. The molecular formula is C17H31IN6O. The Labute approximate surface area is 167 Å². The third-order valence-electron chi connectivity index (χ3n) is 5.17. The van der Waals surface area contributed by atoms with E-state index in [0.717, 1.165) is 51.7 Å². The van der Waals surface area contributed by atoms with E-state index >= 15 is 0 Å². The van der Waals surface area contributed by atoms with Crippen LogP contribution in [0.25, 0.3) is 0 Å². The van der Waals surface area contributed by atoms with E-state index in [0.29, 0.717) is 12.0 Å². The summed E-state index contributed by atoms with van der Waals surface area (Å²) in [6.07, 6.45) is 7.23. The molecule has 2 aliphatic heterocycles. The molecule has 2 aliphatic rings. The van der Waals surface area contributed by atoms with Crippen molar-refractivity contribution >= 4 is 29.9 Å². The number of halogens is 1. The number of nitrogens with one attached hydrogen (secondary N) is 1. The number of imidazole rings is 1. The standard InChI is InChI=1S/C17H30N6O.HI/c1-14-4-6-22(12-16(14)23-7-5-19-13-23)17(18-2)20-10-15-11-21(3)8-9-24-15;/h5,7,13-16H,4,6,8-12H2,1-3H3,(H,18,20);1H. The zero-order valence-corrected chi connectivity index (χ0v) is 17.8. The maximum atomic E-state index is 5.84. The molecule has 7 nitrogen and oxygen atoms in total. The molecule has 0 aromatic carbocycles. The molecule has 0 saturated carbocycles. The smallest absolute Gasteiger partial charge is 0.193 e. The van der Waals surface area contributed by atoms with Gasteiger partial charge in [0.05, 0.1) is 25.1 Å². The topological polar surface area (TPSA) is 57.9 Å². The van der Waals surface area contributed by atoms with Crippen LogP contribution < -0.4 is 5.32 Å². The average Bonchev–Trinajstić information content (AvgIpc) is 3.11. The number of aliphatic imine (C=N–C) groups is 1. The zero-order chi connectivity index (χ0) is 16.9. The SMILES string of the molecule is CN=C(NCC1CN(C)CCO1)N1CCC(C)C(n2ccnc2)C1.I. The van der Waals surface area contributed by atoms with Gasteiger partial charge in [-0.25, -0.2) is 4.98 Å². The first-order valence-corrected chi connectivity index (χ1v) is 8.90. The number of rotatable bonds is 3. The second-order valence-electron chi connectivity index (χ2n) is 6.97. The van der Waals surface area contributed by atoms with Crippen molar-refractivity contribution in [3.8, 4) is 0 Å². The first kappa shape index (κ1) is 20.4. The number of likely N-dealkylation sites (tertiary alicyclic amines) is 1. The largest absolute Gasteiger partial charge is 0.374 e. The van der Waals surface area contributed by atoms with Crippen molar-refractivity contribution < 1.29 is 4.74 Å². The van der Waals surface area contributed by atoms with Gasteiger partial charge in [-0.2, -0.15) is 0 Å². The predicted molar refractivity (Wildman–Crippen MR) is 111 cm³/mol. The number of aromatic nitrogens is 2. The quantitative estimate of drug-likeness (QED) is 0.417. The van der Waals surface area contributed by atoms with Gasteiger partial charge in [0.1, 0.15) is 0 Å². The molecule has 0 radical (unpaired) electrons. The van der Waals surface area contributed by atoms with Gasteiger partial charge in [0, 0.05) is 52.2 Å². The lowest BCUT2D eigenvalue weighted by atomic mass is 9.93. The van der Waals surface area contributed by atoms with Gasteiger partial charge in [0.2, 0.25) is 0 Å². The molecule has 1 N–H and O–H groups in total. The minimum Gasteiger partial charge on any atom is -0.374 e. The maximum absolute atomic E-state index is 5.84. The van der Waals surface area contributed by atoms with E-state index in [9.17, 15) is 0 Å². The minimum atomic E-state index is 0. The van der Waals surface area contributed by atoms with Crippen molar-refractivity contribution in [2.45, 2.75) is 25.5 Å². The number of ether oxygens (including phenoxy) is 1. The predicted octanol–water partition coefficient (Wildman–Crippen LogP) is 1.29. The highest BCUT2D eigenvalue weighted by Crippen LogP contribution is 2.27. The van der Waals surface area contributed by atoms with Gasteiger partial charge in [0.15, 0.2) is 5.96 Å². The molecule has 2 saturated heterocycles. The second kappa shape index (κ2) is 9.72. The first-order valence-electron chi connectivity index (χ1n) is 8.90. The van der Waals surface area contributed by atoms with Crippen LogP contribution in [0.5, 0.6) is 0 Å². The fourth-order valence-corrected chi connectivity index (χ4v) is 3.62. The molecule has 0 amide bonds. The average molecular weight is 462 g/mol. The molecular weight excluding hydrogens is 431 g/mol. The molecule has 25 heavy (non-hydrogen) atoms. The summed E-state index contributed by atoms with van der Waals surface area (Å²) in [5.74, 6) is 1.62. The summed E-state index contributed by atoms with van der Waals surface area (Å²) in [5.41, 5.74) is 0. The number of nitrogens with zero attached hydrogens (tertiary/aromatic N) is 5. The molecule has 8 heteroatoms. The Hall–Kier alpha value is -0.870. The van der Waals surface area contributed by atoms with Gasteiger partial charge in [0.25, 0.3) is 0 Å². The fourth-order valence-electron chi connectivity index (χ4n) is 3.62. The Morgan fingerprint density at radius 1 is 1.36 bits per heavy atom. The summed E-state index contributed by atoms with van der Waals surface area (Å²) in [6, 6.07) is 0.442. The van der Waals surface area contributed by atoms with Crippen LogP contribution in [-0.2, 0) is 4.74 Å². The molecule has 1 aromatic heterocycles. The molecule has 3 unspecified atom stereocenters. The summed E-state index contributed by atoms with van der Waals surface area (Å²) in [6.45, 7) is 7.93. The fraction of sp³-hybridized carbons (Fsp3) is 0.765. The molecule has 0 aliphatic carbocycles. The van der Waals surface area contributed by atoms with E-state index in [1.54, 1.807) is 0 Å². The van der Waals surface area contributed by atoms with E-state index in [2.05, 4.69) is 49.8 Å². The van der Waals surface area contributed by atoms with Crippen molar-refractivity contribution in [1.29, 1.82) is 0 Å². The Morgan fingerprint density at radius 2 is 2.20 bits per heavy atom. The number of piperidine rings is 1. The van der Waals surface area contributed by atoms with Crippen LogP contribution in [0, 0.1) is 5.92 Å². The Bertz CT molecular complexity index is 537. The molecule has 0 spiro atoms. The van der Waals surface area contributed by atoms with E-state index in [4.69, 9.17) is 4.74 Å². The molecule has 3 rings (SSSR count). The van der Waals surface area contributed by atoms with Gasteiger partial charge in [-0.05, 0) is 19.4 Å². The third kappa shape index (κ3) is 5.30. The second-order valence-corrected chi connectivity index (χ2v) is 6.97. The summed E-state index contributed by atoms with van der Waals surface area (Å²) < 4.78 is 8.06. The molecule has 142 valence electrons. The van der Waals surface area contributed by atoms with Gasteiger partial charge < -0.3 is 24.4 Å². The van der Waals surface area contributed by atoms with Gasteiger partial charge in [-0.1, -0.05) is 6.92 Å². The lowest BCUT2D eigenvalue weighted by Gasteiger charge is -2.39. The molecule has 3 heterocycles. The van der Waals surface area contributed by atoms with Gasteiger partial charge in [-0.15, -0.1) is 24.0 Å². The van der Waals surface area contributed by atoms with Gasteiger partial charge in [-0.3, -0.25) is 4.99 Å². The van der Waals surface area contributed by atoms with Crippen LogP contribution in [-0.4, -0.2) is 84.8 Å². The number of guanidine groups is 1. The highest BCUT2D eigenvalue weighted by Gasteiger charge is 2.29. The summed E-state index contributed by atoms with van der Waals surface area (Å²) in [7, 11) is 4.01. The third-order valence-corrected chi connectivity index (χ3v) is 5.17. The van der Waals surface area contributed by atoms with Gasteiger partial charge >= 0.3 is 0 Å². The Kier molecular flexibility index (Phi) is 7.95. The van der Waals surface area contributed by atoms with Crippen molar-refractivity contribution in [2.75, 3.05) is 53.4 Å². The van der Waals surface area contributed by atoms with Crippen molar-refractivity contribution in [3.63, 3.8) is 0 Å².